The van der Waals surface area contributed by atoms with Crippen molar-refractivity contribution in [1.29, 1.82) is 0 Å². The Bertz CT molecular complexity index is 3050. The van der Waals surface area contributed by atoms with Crippen molar-refractivity contribution in [2.75, 3.05) is 9.80 Å². The minimum absolute atomic E-state index is 0.0854. The van der Waals surface area contributed by atoms with Crippen LogP contribution in [0.15, 0.2) is 237 Å². The van der Waals surface area contributed by atoms with Gasteiger partial charge in [-0.3, -0.25) is 0 Å². The first kappa shape index (κ1) is 36.6. The third kappa shape index (κ3) is 6.41. The second-order valence-corrected chi connectivity index (χ2v) is 16.2. The zero-order valence-electron chi connectivity index (χ0n) is 34.4. The molecule has 0 saturated heterocycles. The van der Waals surface area contributed by atoms with Crippen LogP contribution in [0, 0.1) is 0 Å². The number of hydrogen-bond acceptors (Lipinski definition) is 4. The number of anilines is 6. The molecule has 2 aliphatic rings. The molecule has 0 radical (unpaired) electrons. The third-order valence-electron chi connectivity index (χ3n) is 12.6. The Labute approximate surface area is 368 Å². The fraction of sp³-hybridized carbons (Fsp3) is 0. The number of nitrogens with zero attached hydrogens (tertiary/aromatic N) is 4. The van der Waals surface area contributed by atoms with E-state index in [0.29, 0.717) is 5.82 Å². The lowest BCUT2D eigenvalue weighted by Crippen LogP contribution is -2.61. The van der Waals surface area contributed by atoms with Gasteiger partial charge in [-0.2, -0.15) is 0 Å². The lowest BCUT2D eigenvalue weighted by molar-refractivity contribution is 1.17. The zero-order chi connectivity index (χ0) is 41.7. The van der Waals surface area contributed by atoms with Gasteiger partial charge in [0.1, 0.15) is 0 Å². The van der Waals surface area contributed by atoms with E-state index in [2.05, 4.69) is 228 Å². The summed E-state index contributed by atoms with van der Waals surface area (Å²) >= 11 is 0. The molecule has 0 N–H and O–H groups in total. The van der Waals surface area contributed by atoms with Crippen LogP contribution in [0.25, 0.3) is 55.9 Å². The standard InChI is InChI=1S/C58H39BN4/c1-5-14-40(15-6-1)44-22-28-49(29-23-44)62-53-32-26-46(42-18-9-3-10-19-42)36-51(53)59-52-37-47(43-20-11-4-12-21-43)27-33-54(52)63(50-30-24-45(25-31-50)41-16-7-2-8-17-41)56-39-48(38-55(62)57(56)59)58-60-34-13-35-61-58/h1-39H. The maximum atomic E-state index is 4.83. The van der Waals surface area contributed by atoms with E-state index < -0.39 is 0 Å². The Morgan fingerprint density at radius 3 is 1.03 bits per heavy atom. The van der Waals surface area contributed by atoms with Crippen molar-refractivity contribution in [3.8, 4) is 55.9 Å². The summed E-state index contributed by atoms with van der Waals surface area (Å²) in [5.41, 5.74) is 20.9. The summed E-state index contributed by atoms with van der Waals surface area (Å²) < 4.78 is 0. The van der Waals surface area contributed by atoms with Crippen LogP contribution in [0.5, 0.6) is 0 Å². The van der Waals surface area contributed by atoms with Crippen LogP contribution >= 0.6 is 0 Å². The second kappa shape index (κ2) is 15.3. The predicted octanol–water partition coefficient (Wildman–Crippen LogP) is 12.9. The zero-order valence-corrected chi connectivity index (χ0v) is 34.4. The molecule has 10 aromatic rings. The Hall–Kier alpha value is -8.28. The molecule has 0 bridgehead atoms. The summed E-state index contributed by atoms with van der Waals surface area (Å²) in [6.07, 6.45) is 3.66. The number of rotatable bonds is 7. The van der Waals surface area contributed by atoms with Gasteiger partial charge in [0.25, 0.3) is 6.71 Å². The van der Waals surface area contributed by atoms with E-state index >= 15 is 0 Å². The number of benzene rings is 9. The Morgan fingerprint density at radius 1 is 0.286 bits per heavy atom. The normalized spacial score (nSPS) is 12.3. The van der Waals surface area contributed by atoms with Gasteiger partial charge in [-0.1, -0.05) is 170 Å². The Balaban J connectivity index is 1.15. The molecule has 9 aromatic carbocycles. The van der Waals surface area contributed by atoms with E-state index in [1.165, 1.54) is 60.9 Å². The Kier molecular flexibility index (Phi) is 8.89. The quantitative estimate of drug-likeness (QED) is 0.150. The van der Waals surface area contributed by atoms with Crippen molar-refractivity contribution in [3.05, 3.63) is 237 Å². The highest BCUT2D eigenvalue weighted by Crippen LogP contribution is 2.47. The first-order valence-electron chi connectivity index (χ1n) is 21.5. The molecule has 0 fully saturated rings. The van der Waals surface area contributed by atoms with Gasteiger partial charge in [-0.25, -0.2) is 9.97 Å². The lowest BCUT2D eigenvalue weighted by Gasteiger charge is -2.44. The highest BCUT2D eigenvalue weighted by Gasteiger charge is 2.44. The molecule has 0 unspecified atom stereocenters. The van der Waals surface area contributed by atoms with Crippen LogP contribution in [-0.4, -0.2) is 16.7 Å². The maximum absolute atomic E-state index is 4.83. The van der Waals surface area contributed by atoms with Gasteiger partial charge >= 0.3 is 0 Å². The van der Waals surface area contributed by atoms with Gasteiger partial charge in [-0.15, -0.1) is 0 Å². The SMILES string of the molecule is c1ccc(-c2ccc(N3c4ccc(-c5ccccc5)cc4B4c5cc(-c6ccccc6)ccc5N(c5ccc(-c6ccccc6)cc5)c5cc(-c6ncccn6)cc3c54)cc2)cc1. The number of fused-ring (bicyclic) bond motifs is 4. The summed E-state index contributed by atoms with van der Waals surface area (Å²) in [4.78, 5) is 14.6. The van der Waals surface area contributed by atoms with E-state index in [-0.39, 0.29) is 6.71 Å². The van der Waals surface area contributed by atoms with E-state index in [1.807, 2.05) is 18.5 Å². The fourth-order valence-corrected chi connectivity index (χ4v) is 9.63. The smallest absolute Gasteiger partial charge is 0.252 e. The molecule has 12 rings (SSSR count). The van der Waals surface area contributed by atoms with Crippen LogP contribution in [0.4, 0.5) is 34.1 Å². The summed E-state index contributed by atoms with van der Waals surface area (Å²) in [7, 11) is 0. The number of aromatic nitrogens is 2. The molecule has 0 atom stereocenters. The predicted molar refractivity (Wildman–Crippen MR) is 263 cm³/mol. The van der Waals surface area contributed by atoms with Crippen molar-refractivity contribution in [2.45, 2.75) is 0 Å². The molecular formula is C58H39BN4. The molecule has 294 valence electrons. The van der Waals surface area contributed by atoms with Crippen LogP contribution in [-0.2, 0) is 0 Å². The van der Waals surface area contributed by atoms with Gasteiger partial charge in [0.2, 0.25) is 0 Å². The minimum atomic E-state index is -0.0854. The molecular weight excluding hydrogens is 763 g/mol. The van der Waals surface area contributed by atoms with Crippen molar-refractivity contribution in [1.82, 2.24) is 9.97 Å². The molecule has 0 spiro atoms. The van der Waals surface area contributed by atoms with Crippen molar-refractivity contribution in [3.63, 3.8) is 0 Å². The number of hydrogen-bond donors (Lipinski definition) is 0. The first-order chi connectivity index (χ1) is 31.2. The van der Waals surface area contributed by atoms with Gasteiger partial charge in [0.15, 0.2) is 5.82 Å². The highest BCUT2D eigenvalue weighted by molar-refractivity contribution is 7.00. The van der Waals surface area contributed by atoms with E-state index in [4.69, 9.17) is 9.97 Å². The van der Waals surface area contributed by atoms with Crippen LogP contribution < -0.4 is 26.2 Å². The summed E-state index contributed by atoms with van der Waals surface area (Å²) in [5.74, 6) is 0.683. The first-order valence-corrected chi connectivity index (χ1v) is 21.5. The van der Waals surface area contributed by atoms with E-state index in [9.17, 15) is 0 Å². The van der Waals surface area contributed by atoms with Gasteiger partial charge in [-0.05, 0) is 115 Å². The summed E-state index contributed by atoms with van der Waals surface area (Å²) in [6, 6.07) is 81.3. The molecule has 0 saturated carbocycles. The molecule has 5 heteroatoms. The monoisotopic (exact) mass is 802 g/mol. The largest absolute Gasteiger partial charge is 0.311 e. The van der Waals surface area contributed by atoms with Gasteiger partial charge in [0.05, 0.1) is 0 Å². The van der Waals surface area contributed by atoms with Crippen molar-refractivity contribution < 1.29 is 0 Å². The molecule has 0 aliphatic carbocycles. The summed E-state index contributed by atoms with van der Waals surface area (Å²) in [5, 5.41) is 0. The molecule has 4 nitrogen and oxygen atoms in total. The molecule has 2 aliphatic heterocycles. The fourth-order valence-electron chi connectivity index (χ4n) is 9.63. The second-order valence-electron chi connectivity index (χ2n) is 16.2. The molecule has 1 aromatic heterocycles. The van der Waals surface area contributed by atoms with Crippen LogP contribution in [0.3, 0.4) is 0 Å². The van der Waals surface area contributed by atoms with Crippen LogP contribution in [0.2, 0.25) is 0 Å². The van der Waals surface area contributed by atoms with Crippen molar-refractivity contribution in [2.24, 2.45) is 0 Å². The average molecular weight is 803 g/mol. The summed E-state index contributed by atoms with van der Waals surface area (Å²) in [6.45, 7) is -0.0854. The topological polar surface area (TPSA) is 32.3 Å². The molecule has 63 heavy (non-hydrogen) atoms. The minimum Gasteiger partial charge on any atom is -0.311 e. The van der Waals surface area contributed by atoms with E-state index in [0.717, 1.165) is 39.7 Å². The van der Waals surface area contributed by atoms with Crippen molar-refractivity contribution >= 4 is 57.2 Å². The maximum Gasteiger partial charge on any atom is 0.252 e. The molecule has 3 heterocycles. The van der Waals surface area contributed by atoms with Gasteiger partial charge < -0.3 is 9.80 Å². The van der Waals surface area contributed by atoms with Crippen LogP contribution in [0.1, 0.15) is 0 Å². The molecule has 0 amide bonds. The van der Waals surface area contributed by atoms with Gasteiger partial charge in [0, 0.05) is 52.1 Å². The highest BCUT2D eigenvalue weighted by atomic mass is 15.2. The average Bonchev–Trinajstić information content (AvgIpc) is 3.37. The lowest BCUT2D eigenvalue weighted by atomic mass is 9.33. The Morgan fingerprint density at radius 2 is 0.635 bits per heavy atom. The third-order valence-corrected chi connectivity index (χ3v) is 12.6. The van der Waals surface area contributed by atoms with E-state index in [1.54, 1.807) is 0 Å².